The molecule has 0 heterocycles. The lowest BCUT2D eigenvalue weighted by molar-refractivity contribution is -0.145. The minimum Gasteiger partial charge on any atom is -0.467 e. The van der Waals surface area contributed by atoms with Gasteiger partial charge in [-0.2, -0.15) is 12.6 Å². The van der Waals surface area contributed by atoms with Crippen LogP contribution in [0.25, 0.3) is 0 Å². The van der Waals surface area contributed by atoms with Crippen molar-refractivity contribution in [3.63, 3.8) is 0 Å². The number of amides is 4. The third kappa shape index (κ3) is 12.8. The van der Waals surface area contributed by atoms with Crippen LogP contribution in [-0.2, 0) is 35.3 Å². The second kappa shape index (κ2) is 17.3. The van der Waals surface area contributed by atoms with Gasteiger partial charge in [0.15, 0.2) is 0 Å². The molecule has 0 aliphatic rings. The first-order chi connectivity index (χ1) is 18.0. The summed E-state index contributed by atoms with van der Waals surface area (Å²) in [6, 6.07) is 6.21. The van der Waals surface area contributed by atoms with Crippen LogP contribution in [0.1, 0.15) is 46.1 Å². The van der Waals surface area contributed by atoms with Gasteiger partial charge in [-0.05, 0) is 30.2 Å². The molecular weight excluding hydrogens is 512 g/mol. The molecule has 0 aliphatic heterocycles. The lowest BCUT2D eigenvalue weighted by Crippen LogP contribution is -2.55. The Hall–Kier alpha value is -3.28. The smallest absolute Gasteiger partial charge is 0.408 e. The number of thiol groups is 1. The highest BCUT2D eigenvalue weighted by Crippen LogP contribution is 2.08. The minimum atomic E-state index is -1.05. The Labute approximate surface area is 229 Å². The van der Waals surface area contributed by atoms with Gasteiger partial charge in [-0.1, -0.05) is 58.0 Å². The molecule has 38 heavy (non-hydrogen) atoms. The quantitative estimate of drug-likeness (QED) is 0.164. The number of ether oxygens (including phenoxy) is 2. The normalized spacial score (nSPS) is 13.2. The molecule has 12 heteroatoms. The van der Waals surface area contributed by atoms with Crippen molar-refractivity contribution >= 4 is 42.4 Å². The summed E-state index contributed by atoms with van der Waals surface area (Å²) in [5, 5.41) is 10.1. The van der Waals surface area contributed by atoms with Gasteiger partial charge in [-0.25, -0.2) is 9.59 Å². The van der Waals surface area contributed by atoms with E-state index in [-0.39, 0.29) is 30.6 Å². The standard InChI is InChI=1S/C26H40N4O7S/c1-16(2)11-19(23(32)27-13-22(31)28-20(12-17(3)4)25(34)36-5)29-24(33)21(15-38)30-26(35)37-14-18-9-7-6-8-10-18/h6-10,16-17,19-21,38H,11-15H2,1-5H3,(H,27,32)(H,28,31)(H,29,33)(H,30,35)/t19-,20-,21-/m0/s1. The maximum Gasteiger partial charge on any atom is 0.408 e. The summed E-state index contributed by atoms with van der Waals surface area (Å²) >= 11 is 4.14. The van der Waals surface area contributed by atoms with Crippen LogP contribution >= 0.6 is 12.6 Å². The maximum absolute atomic E-state index is 12.8. The fourth-order valence-corrected chi connectivity index (χ4v) is 3.70. The Morgan fingerprint density at radius 2 is 1.42 bits per heavy atom. The first-order valence-electron chi connectivity index (χ1n) is 12.5. The summed E-state index contributed by atoms with van der Waals surface area (Å²) in [7, 11) is 1.23. The van der Waals surface area contributed by atoms with Crippen molar-refractivity contribution in [1.82, 2.24) is 21.3 Å². The van der Waals surface area contributed by atoms with E-state index in [1.165, 1.54) is 7.11 Å². The van der Waals surface area contributed by atoms with Gasteiger partial charge in [-0.15, -0.1) is 0 Å². The fourth-order valence-electron chi connectivity index (χ4n) is 3.44. The van der Waals surface area contributed by atoms with Crippen LogP contribution in [0.5, 0.6) is 0 Å². The number of hydrogen-bond acceptors (Lipinski definition) is 8. The number of carbonyl (C=O) groups excluding carboxylic acids is 5. The molecule has 0 saturated heterocycles. The molecule has 0 aromatic heterocycles. The van der Waals surface area contributed by atoms with Crippen molar-refractivity contribution in [3.05, 3.63) is 35.9 Å². The molecule has 3 atom stereocenters. The number of rotatable bonds is 15. The molecule has 4 amide bonds. The highest BCUT2D eigenvalue weighted by Gasteiger charge is 2.28. The minimum absolute atomic E-state index is 0.0298. The van der Waals surface area contributed by atoms with Gasteiger partial charge in [0.1, 0.15) is 24.7 Å². The molecule has 212 valence electrons. The zero-order valence-electron chi connectivity index (χ0n) is 22.6. The van der Waals surface area contributed by atoms with E-state index in [9.17, 15) is 24.0 Å². The van der Waals surface area contributed by atoms with Crippen LogP contribution in [0.4, 0.5) is 4.79 Å². The second-order valence-corrected chi connectivity index (χ2v) is 9.99. The third-order valence-corrected chi connectivity index (χ3v) is 5.66. The number of esters is 1. The number of nitrogens with one attached hydrogen (secondary N) is 4. The molecular formula is C26H40N4O7S. The van der Waals surface area contributed by atoms with Crippen molar-refractivity contribution in [1.29, 1.82) is 0 Å². The average molecular weight is 553 g/mol. The van der Waals surface area contributed by atoms with Gasteiger partial charge in [0.25, 0.3) is 0 Å². The van der Waals surface area contributed by atoms with Crippen molar-refractivity contribution < 1.29 is 33.4 Å². The van der Waals surface area contributed by atoms with Crippen molar-refractivity contribution in [3.8, 4) is 0 Å². The number of benzene rings is 1. The Balaban J connectivity index is 2.69. The van der Waals surface area contributed by atoms with E-state index in [0.29, 0.717) is 6.42 Å². The van der Waals surface area contributed by atoms with Gasteiger partial charge in [0, 0.05) is 5.75 Å². The zero-order chi connectivity index (χ0) is 28.7. The molecule has 11 nitrogen and oxygen atoms in total. The summed E-state index contributed by atoms with van der Waals surface area (Å²) in [6.45, 7) is 7.19. The maximum atomic E-state index is 12.8. The highest BCUT2D eigenvalue weighted by molar-refractivity contribution is 7.80. The molecule has 0 bridgehead atoms. The van der Waals surface area contributed by atoms with Crippen LogP contribution in [0.3, 0.4) is 0 Å². The average Bonchev–Trinajstić information content (AvgIpc) is 2.87. The SMILES string of the molecule is COC(=O)[C@H](CC(C)C)NC(=O)CNC(=O)[C@H](CC(C)C)NC(=O)[C@H](CS)NC(=O)OCc1ccccc1. The van der Waals surface area contributed by atoms with Gasteiger partial charge in [0.2, 0.25) is 17.7 Å². The largest absolute Gasteiger partial charge is 0.467 e. The van der Waals surface area contributed by atoms with Gasteiger partial charge in [0.05, 0.1) is 13.7 Å². The number of hydrogen-bond donors (Lipinski definition) is 5. The van der Waals surface area contributed by atoms with E-state index in [1.807, 2.05) is 45.9 Å². The zero-order valence-corrected chi connectivity index (χ0v) is 23.5. The predicted octanol–water partition coefficient (Wildman–Crippen LogP) is 1.56. The third-order valence-electron chi connectivity index (χ3n) is 5.30. The summed E-state index contributed by atoms with van der Waals surface area (Å²) in [5.41, 5.74) is 0.786. The molecule has 0 fully saturated rings. The van der Waals surface area contributed by atoms with E-state index in [1.54, 1.807) is 12.1 Å². The van der Waals surface area contributed by atoms with E-state index >= 15 is 0 Å². The van der Waals surface area contributed by atoms with Gasteiger partial charge in [-0.3, -0.25) is 14.4 Å². The monoisotopic (exact) mass is 552 g/mol. The van der Waals surface area contributed by atoms with E-state index in [0.717, 1.165) is 5.56 Å². The lowest BCUT2D eigenvalue weighted by atomic mass is 10.0. The number of carbonyl (C=O) groups is 5. The Morgan fingerprint density at radius 3 is 1.97 bits per heavy atom. The first kappa shape index (κ1) is 32.7. The Kier molecular flexibility index (Phi) is 14.9. The molecule has 0 spiro atoms. The van der Waals surface area contributed by atoms with Gasteiger partial charge >= 0.3 is 12.1 Å². The number of alkyl carbamates (subject to hydrolysis) is 1. The van der Waals surface area contributed by atoms with Crippen LogP contribution in [0.15, 0.2) is 30.3 Å². The van der Waals surface area contributed by atoms with E-state index in [4.69, 9.17) is 9.47 Å². The fraction of sp³-hybridized carbons (Fsp3) is 0.577. The van der Waals surface area contributed by atoms with Crippen molar-refractivity contribution in [2.75, 3.05) is 19.4 Å². The summed E-state index contributed by atoms with van der Waals surface area (Å²) < 4.78 is 9.88. The molecule has 1 rings (SSSR count). The van der Waals surface area contributed by atoms with Crippen LogP contribution in [-0.4, -0.2) is 67.3 Å². The van der Waals surface area contributed by atoms with Gasteiger partial charge < -0.3 is 30.7 Å². The van der Waals surface area contributed by atoms with Crippen LogP contribution in [0.2, 0.25) is 0 Å². The topological polar surface area (TPSA) is 152 Å². The Bertz CT molecular complexity index is 927. The molecule has 4 N–H and O–H groups in total. The Morgan fingerprint density at radius 1 is 0.816 bits per heavy atom. The first-order valence-corrected chi connectivity index (χ1v) is 13.1. The van der Waals surface area contributed by atoms with Crippen molar-refractivity contribution in [2.24, 2.45) is 11.8 Å². The van der Waals surface area contributed by atoms with Crippen molar-refractivity contribution in [2.45, 2.75) is 65.3 Å². The molecule has 1 aromatic rings. The van der Waals surface area contributed by atoms with Crippen LogP contribution in [0, 0.1) is 11.8 Å². The summed E-state index contributed by atoms with van der Waals surface area (Å²) in [4.78, 5) is 62.2. The highest BCUT2D eigenvalue weighted by atomic mass is 32.1. The molecule has 1 aromatic carbocycles. The molecule has 0 saturated carbocycles. The number of methoxy groups -OCH3 is 1. The second-order valence-electron chi connectivity index (χ2n) is 9.62. The molecule has 0 aliphatic carbocycles. The lowest BCUT2D eigenvalue weighted by Gasteiger charge is -2.23. The molecule has 0 radical (unpaired) electrons. The van der Waals surface area contributed by atoms with E-state index in [2.05, 4.69) is 33.9 Å². The molecule has 0 unspecified atom stereocenters. The van der Waals surface area contributed by atoms with E-state index < -0.39 is 54.5 Å². The summed E-state index contributed by atoms with van der Waals surface area (Å²) in [6.07, 6.45) is -0.134. The van der Waals surface area contributed by atoms with Crippen LogP contribution < -0.4 is 21.3 Å². The summed E-state index contributed by atoms with van der Waals surface area (Å²) in [5.74, 6) is -2.21. The predicted molar refractivity (Wildman–Crippen MR) is 145 cm³/mol.